The molecule has 35 heavy (non-hydrogen) atoms. The number of rotatable bonds is 6. The number of carbonyl (C=O) groups is 1. The lowest BCUT2D eigenvalue weighted by molar-refractivity contribution is 0.00522. The first-order chi connectivity index (χ1) is 17.3. The average molecular weight is 485 g/mol. The molecule has 1 amide bonds. The molecule has 0 aliphatic carbocycles. The normalized spacial score (nSPS) is 35.5. The number of nitrogens with one attached hydrogen (secondary N) is 6. The van der Waals surface area contributed by atoms with Crippen molar-refractivity contribution in [3.8, 4) is 0 Å². The van der Waals surface area contributed by atoms with Crippen LogP contribution in [0.4, 0.5) is 5.69 Å². The number of benzene rings is 1. The summed E-state index contributed by atoms with van der Waals surface area (Å²) in [4.78, 5) is 17.9. The Morgan fingerprint density at radius 1 is 1.09 bits per heavy atom. The molecule has 10 heteroatoms. The second-order valence-electron chi connectivity index (χ2n) is 10.5. The Hall–Kier alpha value is -1.79. The molecule has 5 saturated heterocycles. The molecule has 5 fully saturated rings. The monoisotopic (exact) mass is 484 g/mol. The van der Waals surface area contributed by atoms with E-state index in [9.17, 15) is 4.79 Å². The van der Waals surface area contributed by atoms with Crippen LogP contribution in [0.1, 0.15) is 36.0 Å². The lowest BCUT2D eigenvalue weighted by Gasteiger charge is -2.36. The van der Waals surface area contributed by atoms with Gasteiger partial charge in [-0.1, -0.05) is 6.07 Å². The summed E-state index contributed by atoms with van der Waals surface area (Å²) in [6.45, 7) is 7.15. The Balaban J connectivity index is 1.02. The van der Waals surface area contributed by atoms with E-state index in [4.69, 9.17) is 4.74 Å². The summed E-state index contributed by atoms with van der Waals surface area (Å²) in [7, 11) is 0. The van der Waals surface area contributed by atoms with Crippen molar-refractivity contribution >= 4 is 11.6 Å². The number of ether oxygens (including phenoxy) is 1. The van der Waals surface area contributed by atoms with E-state index in [2.05, 4.69) is 41.9 Å². The molecule has 0 bridgehead atoms. The summed E-state index contributed by atoms with van der Waals surface area (Å²) in [6.07, 6.45) is 6.11. The van der Waals surface area contributed by atoms with Crippen molar-refractivity contribution < 1.29 is 9.53 Å². The van der Waals surface area contributed by atoms with E-state index < -0.39 is 0 Å². The van der Waals surface area contributed by atoms with Gasteiger partial charge in [0.25, 0.3) is 5.91 Å². The highest BCUT2D eigenvalue weighted by Crippen LogP contribution is 2.28. The van der Waals surface area contributed by atoms with Crippen molar-refractivity contribution in [1.82, 2.24) is 36.6 Å². The zero-order valence-corrected chi connectivity index (χ0v) is 20.5. The zero-order chi connectivity index (χ0) is 23.6. The molecule has 5 aliphatic heterocycles. The Morgan fingerprint density at radius 2 is 2.06 bits per heavy atom. The minimum absolute atomic E-state index is 0.00329. The Kier molecular flexibility index (Phi) is 7.20. The predicted molar refractivity (Wildman–Crippen MR) is 135 cm³/mol. The first kappa shape index (κ1) is 23.6. The van der Waals surface area contributed by atoms with Crippen molar-refractivity contribution in [2.75, 3.05) is 57.7 Å². The fourth-order valence-corrected chi connectivity index (χ4v) is 6.55. The van der Waals surface area contributed by atoms with Crippen LogP contribution in [0.2, 0.25) is 0 Å². The largest absolute Gasteiger partial charge is 0.382 e. The van der Waals surface area contributed by atoms with Gasteiger partial charge in [-0.05, 0) is 50.4 Å². The van der Waals surface area contributed by atoms with Crippen LogP contribution in [0.5, 0.6) is 0 Å². The Labute approximate surface area is 207 Å². The molecule has 5 aliphatic rings. The van der Waals surface area contributed by atoms with Crippen molar-refractivity contribution in [1.29, 1.82) is 0 Å². The summed E-state index contributed by atoms with van der Waals surface area (Å²) < 4.78 is 6.14. The molecule has 0 aromatic heterocycles. The molecule has 6 atom stereocenters. The van der Waals surface area contributed by atoms with Gasteiger partial charge in [0, 0.05) is 62.5 Å². The van der Waals surface area contributed by atoms with Gasteiger partial charge in [0.15, 0.2) is 0 Å². The first-order valence-electron chi connectivity index (χ1n) is 13.5. The van der Waals surface area contributed by atoms with Gasteiger partial charge in [-0.15, -0.1) is 0 Å². The third kappa shape index (κ3) is 5.06. The molecule has 0 radical (unpaired) electrons. The summed E-state index contributed by atoms with van der Waals surface area (Å²) in [5, 5.41) is 13.8. The van der Waals surface area contributed by atoms with Gasteiger partial charge >= 0.3 is 0 Å². The van der Waals surface area contributed by atoms with E-state index in [0.29, 0.717) is 30.2 Å². The predicted octanol–water partition coefficient (Wildman–Crippen LogP) is -0.318. The quantitative estimate of drug-likeness (QED) is 0.324. The SMILES string of the molecule is O=C(NCC1CNC2CCCCN12)c1cccc(NCC2NNC3C4CCNCC4OCCN23)c1. The van der Waals surface area contributed by atoms with E-state index in [-0.39, 0.29) is 24.3 Å². The fourth-order valence-electron chi connectivity index (χ4n) is 6.55. The van der Waals surface area contributed by atoms with E-state index in [1.807, 2.05) is 24.3 Å². The second-order valence-corrected chi connectivity index (χ2v) is 10.5. The maximum Gasteiger partial charge on any atom is 0.251 e. The maximum atomic E-state index is 12.9. The number of hydrogen-bond acceptors (Lipinski definition) is 9. The van der Waals surface area contributed by atoms with Crippen LogP contribution in [0, 0.1) is 5.92 Å². The fraction of sp³-hybridized carbons (Fsp3) is 0.720. The third-order valence-electron chi connectivity index (χ3n) is 8.44. The molecule has 0 spiro atoms. The molecule has 1 aromatic carbocycles. The number of anilines is 1. The lowest BCUT2D eigenvalue weighted by Crippen LogP contribution is -2.52. The van der Waals surface area contributed by atoms with Crippen LogP contribution in [0.25, 0.3) is 0 Å². The minimum Gasteiger partial charge on any atom is -0.382 e. The molecule has 192 valence electrons. The summed E-state index contributed by atoms with van der Waals surface area (Å²) in [6, 6.07) is 8.23. The molecular weight excluding hydrogens is 444 g/mol. The van der Waals surface area contributed by atoms with Crippen LogP contribution in [0.3, 0.4) is 0 Å². The number of amides is 1. The van der Waals surface area contributed by atoms with Crippen molar-refractivity contribution in [2.24, 2.45) is 5.92 Å². The molecule has 1 aromatic rings. The number of carbonyl (C=O) groups excluding carboxylic acids is 1. The summed E-state index contributed by atoms with van der Waals surface area (Å²) >= 11 is 0. The molecule has 6 unspecified atom stereocenters. The van der Waals surface area contributed by atoms with Crippen LogP contribution in [0.15, 0.2) is 24.3 Å². The standard InChI is InChI=1S/C25H40N8O2/c34-25(29-14-19-13-28-22-6-1-2-9-32(19)22)17-4-3-5-18(12-17)27-16-23-30-31-24-20-7-8-26-15-21(20)35-11-10-33(23)24/h3-5,12,19-24,26-28,30-31H,1-2,6-11,13-16H2,(H,29,34). The van der Waals surface area contributed by atoms with Gasteiger partial charge in [0.05, 0.1) is 31.2 Å². The minimum atomic E-state index is -0.00329. The van der Waals surface area contributed by atoms with Gasteiger partial charge in [-0.25, -0.2) is 10.9 Å². The smallest absolute Gasteiger partial charge is 0.251 e. The number of piperidine rings is 2. The number of hydrazine groups is 1. The Morgan fingerprint density at radius 3 is 3.03 bits per heavy atom. The Bertz CT molecular complexity index is 887. The average Bonchev–Trinajstić information content (AvgIpc) is 3.45. The van der Waals surface area contributed by atoms with Crippen LogP contribution >= 0.6 is 0 Å². The van der Waals surface area contributed by atoms with Crippen LogP contribution in [-0.2, 0) is 4.74 Å². The third-order valence-corrected chi connectivity index (χ3v) is 8.44. The van der Waals surface area contributed by atoms with Crippen molar-refractivity contribution in [3.05, 3.63) is 29.8 Å². The highest BCUT2D eigenvalue weighted by atomic mass is 16.5. The molecule has 10 nitrogen and oxygen atoms in total. The van der Waals surface area contributed by atoms with Crippen molar-refractivity contribution in [3.63, 3.8) is 0 Å². The molecular formula is C25H40N8O2. The second kappa shape index (κ2) is 10.7. The first-order valence-corrected chi connectivity index (χ1v) is 13.5. The summed E-state index contributed by atoms with van der Waals surface area (Å²) in [5.41, 5.74) is 8.69. The number of hydrogen-bond donors (Lipinski definition) is 6. The van der Waals surface area contributed by atoms with Gasteiger partial charge in [0.1, 0.15) is 0 Å². The molecule has 6 rings (SSSR count). The highest BCUT2D eigenvalue weighted by molar-refractivity contribution is 5.95. The number of nitrogens with zero attached hydrogens (tertiary/aromatic N) is 2. The lowest BCUT2D eigenvalue weighted by atomic mass is 9.91. The zero-order valence-electron chi connectivity index (χ0n) is 20.5. The maximum absolute atomic E-state index is 12.9. The topological polar surface area (TPSA) is 105 Å². The van der Waals surface area contributed by atoms with Gasteiger partial charge in [-0.3, -0.25) is 14.6 Å². The van der Waals surface area contributed by atoms with E-state index in [0.717, 1.165) is 58.0 Å². The summed E-state index contributed by atoms with van der Waals surface area (Å²) in [5.74, 6) is 0.481. The van der Waals surface area contributed by atoms with Gasteiger partial charge < -0.3 is 26.0 Å². The van der Waals surface area contributed by atoms with E-state index in [1.54, 1.807) is 0 Å². The number of fused-ring (bicyclic) bond motifs is 4. The molecule has 6 N–H and O–H groups in total. The van der Waals surface area contributed by atoms with Crippen LogP contribution < -0.4 is 32.1 Å². The highest BCUT2D eigenvalue weighted by Gasteiger charge is 2.44. The van der Waals surface area contributed by atoms with Crippen LogP contribution in [-0.4, -0.2) is 98.8 Å². The van der Waals surface area contributed by atoms with E-state index in [1.165, 1.54) is 19.3 Å². The molecule has 5 heterocycles. The molecule has 0 saturated carbocycles. The van der Waals surface area contributed by atoms with Crippen molar-refractivity contribution in [2.45, 2.75) is 56.3 Å². The van der Waals surface area contributed by atoms with E-state index >= 15 is 0 Å². The van der Waals surface area contributed by atoms with Gasteiger partial charge in [0.2, 0.25) is 0 Å². The van der Waals surface area contributed by atoms with Gasteiger partial charge in [-0.2, -0.15) is 0 Å².